The zero-order valence-corrected chi connectivity index (χ0v) is 5.18. The van der Waals surface area contributed by atoms with Crippen LogP contribution in [0.3, 0.4) is 0 Å². The molecule has 11 heavy (non-hydrogen) atoms. The molecule has 0 aliphatic rings. The summed E-state index contributed by atoms with van der Waals surface area (Å²) in [5.74, 6) is 0. The first-order valence-corrected chi connectivity index (χ1v) is 2.57. The maximum atomic E-state index is 11.7. The van der Waals surface area contributed by atoms with Crippen LogP contribution < -0.4 is 0 Å². The van der Waals surface area contributed by atoms with E-state index >= 15 is 0 Å². The van der Waals surface area contributed by atoms with Gasteiger partial charge in [0, 0.05) is 13.2 Å². The zero-order valence-electron chi connectivity index (χ0n) is 5.18. The van der Waals surface area contributed by atoms with Crippen LogP contribution in [-0.4, -0.2) is 9.78 Å². The first kappa shape index (κ1) is 10.0. The number of hydrogen-bond donors (Lipinski definition) is 0. The van der Waals surface area contributed by atoms with E-state index in [9.17, 15) is 13.2 Å². The van der Waals surface area contributed by atoms with Gasteiger partial charge in [-0.3, -0.25) is 4.68 Å². The lowest BCUT2D eigenvalue weighted by Crippen LogP contribution is -2.06. The molecule has 0 aliphatic carbocycles. The third-order valence-electron chi connectivity index (χ3n) is 1.00. The van der Waals surface area contributed by atoms with Gasteiger partial charge in [-0.1, -0.05) is 7.43 Å². The number of aryl methyl sites for hydroxylation is 1. The molecule has 1 aromatic rings. The molecule has 0 aromatic carbocycles. The van der Waals surface area contributed by atoms with Crippen LogP contribution in [-0.2, 0) is 13.2 Å². The zero-order chi connectivity index (χ0) is 7.78. The lowest BCUT2D eigenvalue weighted by atomic mass is 10.4. The fourth-order valence-electron chi connectivity index (χ4n) is 0.566. The summed E-state index contributed by atoms with van der Waals surface area (Å²) in [6, 6.07) is 0.931. The van der Waals surface area contributed by atoms with Crippen molar-refractivity contribution in [2.24, 2.45) is 7.05 Å². The highest BCUT2D eigenvalue weighted by molar-refractivity contribution is 5.02. The fourth-order valence-corrected chi connectivity index (χ4v) is 0.566. The summed E-state index contributed by atoms with van der Waals surface area (Å²) in [5, 5.41) is 3.17. The molecule has 0 atom stereocenters. The lowest BCUT2D eigenvalue weighted by molar-refractivity contribution is -0.141. The molecule has 0 amide bonds. The lowest BCUT2D eigenvalue weighted by Gasteiger charge is -1.99. The summed E-state index contributed by atoms with van der Waals surface area (Å²) in [6.07, 6.45) is -3.07. The quantitative estimate of drug-likeness (QED) is 0.577. The molecule has 5 heteroatoms. The Bertz CT molecular complexity index is 226. The van der Waals surface area contributed by atoms with Crippen molar-refractivity contribution in [3.05, 3.63) is 18.0 Å². The minimum Gasteiger partial charge on any atom is -0.275 e. The summed E-state index contributed by atoms with van der Waals surface area (Å²) in [4.78, 5) is 0. The maximum Gasteiger partial charge on any atom is 0.435 e. The molecule has 0 spiro atoms. The minimum absolute atomic E-state index is 0. The average molecular weight is 166 g/mol. The van der Waals surface area contributed by atoms with Crippen LogP contribution >= 0.6 is 0 Å². The van der Waals surface area contributed by atoms with Gasteiger partial charge < -0.3 is 0 Å². The maximum absolute atomic E-state index is 11.7. The number of halogens is 3. The Balaban J connectivity index is 0.000001000. The van der Waals surface area contributed by atoms with Crippen molar-refractivity contribution in [1.29, 1.82) is 0 Å². The second-order valence-corrected chi connectivity index (χ2v) is 1.87. The average Bonchev–Trinajstić information content (AvgIpc) is 2.11. The van der Waals surface area contributed by atoms with Gasteiger partial charge in [-0.25, -0.2) is 0 Å². The summed E-state index contributed by atoms with van der Waals surface area (Å²) in [7, 11) is 1.44. The number of hydrogen-bond acceptors (Lipinski definition) is 1. The van der Waals surface area contributed by atoms with E-state index in [0.717, 1.165) is 10.7 Å². The summed E-state index contributed by atoms with van der Waals surface area (Å²) in [5.41, 5.74) is -0.852. The van der Waals surface area contributed by atoms with E-state index in [0.29, 0.717) is 0 Å². The Morgan fingerprint density at radius 1 is 1.45 bits per heavy atom. The second-order valence-electron chi connectivity index (χ2n) is 1.87. The molecule has 1 aromatic heterocycles. The van der Waals surface area contributed by atoms with Crippen molar-refractivity contribution in [3.63, 3.8) is 0 Å². The Morgan fingerprint density at radius 3 is 2.18 bits per heavy atom. The van der Waals surface area contributed by atoms with E-state index in [1.165, 1.54) is 13.2 Å². The highest BCUT2D eigenvalue weighted by atomic mass is 19.4. The molecule has 0 saturated carbocycles. The van der Waals surface area contributed by atoms with E-state index in [-0.39, 0.29) is 7.43 Å². The Labute approximate surface area is 62.6 Å². The van der Waals surface area contributed by atoms with E-state index in [4.69, 9.17) is 0 Å². The van der Waals surface area contributed by atoms with Gasteiger partial charge >= 0.3 is 6.18 Å². The molecule has 0 aliphatic heterocycles. The minimum atomic E-state index is -4.32. The largest absolute Gasteiger partial charge is 0.435 e. The van der Waals surface area contributed by atoms with Gasteiger partial charge in [-0.2, -0.15) is 18.3 Å². The summed E-state index contributed by atoms with van der Waals surface area (Å²) >= 11 is 0. The number of aromatic nitrogens is 2. The van der Waals surface area contributed by atoms with Crippen molar-refractivity contribution < 1.29 is 13.2 Å². The van der Waals surface area contributed by atoms with Crippen LogP contribution in [0.25, 0.3) is 0 Å². The fraction of sp³-hybridized carbons (Fsp3) is 0.500. The Morgan fingerprint density at radius 2 is 2.00 bits per heavy atom. The molecule has 0 fully saturated rings. The van der Waals surface area contributed by atoms with Crippen LogP contribution in [0, 0.1) is 0 Å². The topological polar surface area (TPSA) is 17.8 Å². The van der Waals surface area contributed by atoms with Crippen molar-refractivity contribution in [2.75, 3.05) is 0 Å². The molecule has 0 saturated heterocycles. The predicted octanol–water partition coefficient (Wildman–Crippen LogP) is 2.08. The summed E-state index contributed by atoms with van der Waals surface area (Å²) in [6.45, 7) is 0. The third-order valence-corrected chi connectivity index (χ3v) is 1.00. The molecule has 1 rings (SSSR count). The highest BCUT2D eigenvalue weighted by Gasteiger charge is 2.33. The van der Waals surface area contributed by atoms with Gasteiger partial charge in [-0.15, -0.1) is 0 Å². The van der Waals surface area contributed by atoms with Crippen molar-refractivity contribution >= 4 is 0 Å². The first-order valence-electron chi connectivity index (χ1n) is 2.57. The highest BCUT2D eigenvalue weighted by Crippen LogP contribution is 2.26. The van der Waals surface area contributed by atoms with Crippen LogP contribution in [0.5, 0.6) is 0 Å². The van der Waals surface area contributed by atoms with Crippen LogP contribution in [0.1, 0.15) is 13.1 Å². The normalized spacial score (nSPS) is 10.9. The third kappa shape index (κ3) is 2.25. The van der Waals surface area contributed by atoms with Gasteiger partial charge in [-0.05, 0) is 6.07 Å². The van der Waals surface area contributed by atoms with Crippen molar-refractivity contribution in [2.45, 2.75) is 13.6 Å². The van der Waals surface area contributed by atoms with E-state index < -0.39 is 11.9 Å². The molecule has 1 heterocycles. The van der Waals surface area contributed by atoms with E-state index in [2.05, 4.69) is 5.10 Å². The van der Waals surface area contributed by atoms with Gasteiger partial charge in [0.05, 0.1) is 0 Å². The molecule has 0 bridgehead atoms. The van der Waals surface area contributed by atoms with Crippen LogP contribution in [0.4, 0.5) is 13.2 Å². The van der Waals surface area contributed by atoms with Gasteiger partial charge in [0.1, 0.15) is 0 Å². The Hall–Kier alpha value is -1.00. The molecule has 64 valence electrons. The summed E-state index contributed by atoms with van der Waals surface area (Å²) < 4.78 is 36.3. The molecule has 0 radical (unpaired) electrons. The molecular weight excluding hydrogens is 157 g/mol. The number of rotatable bonds is 0. The van der Waals surface area contributed by atoms with Gasteiger partial charge in [0.2, 0.25) is 0 Å². The molecular formula is C6H9F3N2. The molecule has 0 N–H and O–H groups in total. The van der Waals surface area contributed by atoms with Crippen molar-refractivity contribution in [1.82, 2.24) is 9.78 Å². The predicted molar refractivity (Wildman–Crippen MR) is 34.9 cm³/mol. The SMILES string of the molecule is C.Cn1ccc(C(F)(F)F)n1. The van der Waals surface area contributed by atoms with Crippen LogP contribution in [0.15, 0.2) is 12.3 Å². The number of nitrogens with zero attached hydrogens (tertiary/aromatic N) is 2. The standard InChI is InChI=1S/C5H5F3N2.CH4/c1-10-3-2-4(9-10)5(6,7)8;/h2-3H,1H3;1H4. The van der Waals surface area contributed by atoms with Crippen LogP contribution in [0.2, 0.25) is 0 Å². The second kappa shape index (κ2) is 2.94. The number of alkyl halides is 3. The molecule has 2 nitrogen and oxygen atoms in total. The smallest absolute Gasteiger partial charge is 0.275 e. The van der Waals surface area contributed by atoms with E-state index in [1.807, 2.05) is 0 Å². The Kier molecular flexibility index (Phi) is 2.67. The van der Waals surface area contributed by atoms with E-state index in [1.54, 1.807) is 0 Å². The van der Waals surface area contributed by atoms with Crippen molar-refractivity contribution in [3.8, 4) is 0 Å². The van der Waals surface area contributed by atoms with Gasteiger partial charge in [0.25, 0.3) is 0 Å². The monoisotopic (exact) mass is 166 g/mol. The van der Waals surface area contributed by atoms with Gasteiger partial charge in [0.15, 0.2) is 5.69 Å². The molecule has 0 unspecified atom stereocenters. The first-order chi connectivity index (χ1) is 4.50.